The van der Waals surface area contributed by atoms with E-state index >= 15 is 0 Å². The van der Waals surface area contributed by atoms with E-state index in [4.69, 9.17) is 10.8 Å². The van der Waals surface area contributed by atoms with Gasteiger partial charge in [-0.25, -0.2) is 9.18 Å². The summed E-state index contributed by atoms with van der Waals surface area (Å²) in [5, 5.41) is 8.91. The van der Waals surface area contributed by atoms with Crippen LogP contribution >= 0.6 is 23.1 Å². The lowest BCUT2D eigenvalue weighted by atomic mass is 10.3. The van der Waals surface area contributed by atoms with Crippen LogP contribution in [0.25, 0.3) is 0 Å². The molecule has 19 heavy (non-hydrogen) atoms. The average molecular weight is 297 g/mol. The Labute approximate surface area is 118 Å². The first kappa shape index (κ1) is 13.9. The fraction of sp³-hybridized carbons (Fsp3) is 0.154. The molecule has 0 fully saturated rings. The van der Waals surface area contributed by atoms with Crippen LogP contribution in [0.1, 0.15) is 20.1 Å². The van der Waals surface area contributed by atoms with Crippen molar-refractivity contribution in [2.24, 2.45) is 0 Å². The molecule has 2 aromatic rings. The molecule has 100 valence electrons. The highest BCUT2D eigenvalue weighted by Gasteiger charge is 2.11. The predicted molar refractivity (Wildman–Crippen MR) is 76.4 cm³/mol. The summed E-state index contributed by atoms with van der Waals surface area (Å²) in [6.45, 7) is 1.89. The molecule has 0 amide bonds. The Bertz CT molecular complexity index is 625. The normalized spacial score (nSPS) is 10.6. The van der Waals surface area contributed by atoms with Gasteiger partial charge in [0.25, 0.3) is 0 Å². The monoisotopic (exact) mass is 297 g/mol. The third-order valence-electron chi connectivity index (χ3n) is 2.60. The molecule has 0 unspecified atom stereocenters. The van der Waals surface area contributed by atoms with Crippen LogP contribution in [0, 0.1) is 12.7 Å². The summed E-state index contributed by atoms with van der Waals surface area (Å²) in [6.07, 6.45) is 0. The number of halogens is 1. The summed E-state index contributed by atoms with van der Waals surface area (Å²) in [6, 6.07) is 6.34. The smallest absolute Gasteiger partial charge is 0.345 e. The molecular weight excluding hydrogens is 285 g/mol. The van der Waals surface area contributed by atoms with Crippen LogP contribution in [0.4, 0.5) is 10.1 Å². The van der Waals surface area contributed by atoms with Crippen molar-refractivity contribution in [2.45, 2.75) is 17.6 Å². The Morgan fingerprint density at radius 2 is 2.21 bits per heavy atom. The molecule has 0 spiro atoms. The SMILES string of the molecule is Cc1sc(C(=O)O)cc1CSc1ccc(N)c(F)c1. The Kier molecular flexibility index (Phi) is 4.11. The molecule has 0 aliphatic carbocycles. The zero-order valence-electron chi connectivity index (χ0n) is 10.1. The van der Waals surface area contributed by atoms with Crippen molar-refractivity contribution in [3.63, 3.8) is 0 Å². The maximum absolute atomic E-state index is 13.3. The number of rotatable bonds is 4. The zero-order valence-corrected chi connectivity index (χ0v) is 11.8. The van der Waals surface area contributed by atoms with Gasteiger partial charge in [0.15, 0.2) is 0 Å². The molecule has 0 saturated carbocycles. The number of carbonyl (C=O) groups is 1. The minimum Gasteiger partial charge on any atom is -0.477 e. The van der Waals surface area contributed by atoms with Crippen LogP contribution in [-0.2, 0) is 5.75 Å². The fourth-order valence-electron chi connectivity index (χ4n) is 1.53. The summed E-state index contributed by atoms with van der Waals surface area (Å²) in [7, 11) is 0. The summed E-state index contributed by atoms with van der Waals surface area (Å²) in [5.41, 5.74) is 6.50. The lowest BCUT2D eigenvalue weighted by molar-refractivity contribution is 0.0702. The highest BCUT2D eigenvalue weighted by atomic mass is 32.2. The van der Waals surface area contributed by atoms with Crippen molar-refractivity contribution >= 4 is 34.8 Å². The largest absolute Gasteiger partial charge is 0.477 e. The highest BCUT2D eigenvalue weighted by Crippen LogP contribution is 2.30. The highest BCUT2D eigenvalue weighted by molar-refractivity contribution is 7.98. The first-order valence-corrected chi connectivity index (χ1v) is 7.28. The molecule has 1 aromatic heterocycles. The van der Waals surface area contributed by atoms with E-state index in [-0.39, 0.29) is 5.69 Å². The molecule has 1 heterocycles. The van der Waals surface area contributed by atoms with Crippen LogP contribution in [0.5, 0.6) is 0 Å². The number of nitrogen functional groups attached to an aromatic ring is 1. The van der Waals surface area contributed by atoms with E-state index < -0.39 is 11.8 Å². The third-order valence-corrected chi connectivity index (χ3v) is 4.72. The van der Waals surface area contributed by atoms with Gasteiger partial charge in [-0.05, 0) is 36.8 Å². The maximum Gasteiger partial charge on any atom is 0.345 e. The van der Waals surface area contributed by atoms with Crippen molar-refractivity contribution in [1.29, 1.82) is 0 Å². The van der Waals surface area contributed by atoms with Crippen molar-refractivity contribution in [3.05, 3.63) is 45.4 Å². The van der Waals surface area contributed by atoms with Gasteiger partial charge in [-0.3, -0.25) is 0 Å². The van der Waals surface area contributed by atoms with Crippen LogP contribution in [0.2, 0.25) is 0 Å². The number of aromatic carboxylic acids is 1. The number of nitrogens with two attached hydrogens (primary N) is 1. The van der Waals surface area contributed by atoms with Gasteiger partial charge in [-0.2, -0.15) is 0 Å². The fourth-order valence-corrected chi connectivity index (χ4v) is 3.47. The van der Waals surface area contributed by atoms with E-state index in [1.807, 2.05) is 6.92 Å². The van der Waals surface area contributed by atoms with E-state index in [1.54, 1.807) is 12.1 Å². The molecule has 3 N–H and O–H groups in total. The molecular formula is C13H12FNO2S2. The molecule has 1 aromatic carbocycles. The van der Waals surface area contributed by atoms with Gasteiger partial charge in [0.2, 0.25) is 0 Å². The third kappa shape index (κ3) is 3.27. The van der Waals surface area contributed by atoms with E-state index in [0.717, 1.165) is 15.3 Å². The number of thioether (sulfide) groups is 1. The van der Waals surface area contributed by atoms with Gasteiger partial charge < -0.3 is 10.8 Å². The molecule has 2 rings (SSSR count). The van der Waals surface area contributed by atoms with Crippen molar-refractivity contribution in [1.82, 2.24) is 0 Å². The molecule has 0 bridgehead atoms. The van der Waals surface area contributed by atoms with Gasteiger partial charge in [0, 0.05) is 15.5 Å². The lowest BCUT2D eigenvalue weighted by Crippen LogP contribution is -1.91. The second-order valence-electron chi connectivity index (χ2n) is 3.97. The Hall–Kier alpha value is -1.53. The van der Waals surface area contributed by atoms with Gasteiger partial charge in [-0.1, -0.05) is 0 Å². The molecule has 0 aliphatic heterocycles. The van der Waals surface area contributed by atoms with Crippen molar-refractivity contribution in [2.75, 3.05) is 5.73 Å². The first-order valence-electron chi connectivity index (χ1n) is 5.48. The quantitative estimate of drug-likeness (QED) is 0.666. The van der Waals surface area contributed by atoms with Gasteiger partial charge >= 0.3 is 5.97 Å². The number of carboxylic acids is 1. The van der Waals surface area contributed by atoms with Gasteiger partial charge in [0.1, 0.15) is 10.7 Å². The molecule has 0 saturated heterocycles. The van der Waals surface area contributed by atoms with E-state index in [2.05, 4.69) is 0 Å². The summed E-state index contributed by atoms with van der Waals surface area (Å²) in [5.74, 6) is -0.736. The standard InChI is InChI=1S/C13H12FNO2S2/c1-7-8(4-12(19-7)13(16)17)6-18-9-2-3-11(15)10(14)5-9/h2-5H,6,15H2,1H3,(H,16,17). The number of hydrogen-bond acceptors (Lipinski definition) is 4. The predicted octanol–water partition coefficient (Wildman–Crippen LogP) is 3.77. The summed E-state index contributed by atoms with van der Waals surface area (Å²) < 4.78 is 13.3. The Balaban J connectivity index is 2.09. The number of hydrogen-bond donors (Lipinski definition) is 2. The first-order chi connectivity index (χ1) is 8.97. The number of carboxylic acid groups (broad SMARTS) is 1. The summed E-state index contributed by atoms with van der Waals surface area (Å²) >= 11 is 2.71. The van der Waals surface area contributed by atoms with Crippen LogP contribution in [-0.4, -0.2) is 11.1 Å². The molecule has 0 atom stereocenters. The maximum atomic E-state index is 13.3. The minimum atomic E-state index is -0.914. The Morgan fingerprint density at radius 1 is 1.47 bits per heavy atom. The summed E-state index contributed by atoms with van der Waals surface area (Å²) in [4.78, 5) is 12.9. The number of anilines is 1. The number of thiophene rings is 1. The second kappa shape index (κ2) is 5.63. The van der Waals surface area contributed by atoms with Crippen molar-refractivity contribution < 1.29 is 14.3 Å². The molecule has 0 aliphatic rings. The van der Waals surface area contributed by atoms with E-state index in [1.165, 1.54) is 35.2 Å². The minimum absolute atomic E-state index is 0.129. The Morgan fingerprint density at radius 3 is 2.79 bits per heavy atom. The van der Waals surface area contributed by atoms with Crippen LogP contribution in [0.3, 0.4) is 0 Å². The average Bonchev–Trinajstić information content (AvgIpc) is 2.73. The van der Waals surface area contributed by atoms with E-state index in [0.29, 0.717) is 10.6 Å². The second-order valence-corrected chi connectivity index (χ2v) is 6.27. The van der Waals surface area contributed by atoms with Crippen LogP contribution < -0.4 is 5.73 Å². The van der Waals surface area contributed by atoms with Crippen molar-refractivity contribution in [3.8, 4) is 0 Å². The lowest BCUT2D eigenvalue weighted by Gasteiger charge is -2.03. The van der Waals surface area contributed by atoms with Gasteiger partial charge in [0.05, 0.1) is 5.69 Å². The topological polar surface area (TPSA) is 63.3 Å². The van der Waals surface area contributed by atoms with Crippen LogP contribution in [0.15, 0.2) is 29.2 Å². The number of benzene rings is 1. The molecule has 6 heteroatoms. The van der Waals surface area contributed by atoms with E-state index in [9.17, 15) is 9.18 Å². The molecule has 3 nitrogen and oxygen atoms in total. The molecule has 0 radical (unpaired) electrons. The zero-order chi connectivity index (χ0) is 14.0. The number of aryl methyl sites for hydroxylation is 1. The van der Waals surface area contributed by atoms with Gasteiger partial charge in [-0.15, -0.1) is 23.1 Å².